The molecule has 0 aliphatic heterocycles. The standard InChI is InChI=1S/C16H20ClN5O2/c1-9-16(10(2)22(4)21-9)20-15(24)8-18-14-6-5-12(7-13(14)17)19-11(3)23/h5-7,18H,8H2,1-4H3,(H,19,23)(H,20,24). The van der Waals surface area contributed by atoms with E-state index in [1.54, 1.807) is 22.9 Å². The molecule has 1 heterocycles. The summed E-state index contributed by atoms with van der Waals surface area (Å²) < 4.78 is 1.72. The summed E-state index contributed by atoms with van der Waals surface area (Å²) in [4.78, 5) is 23.1. The van der Waals surface area contributed by atoms with Crippen LogP contribution in [0.4, 0.5) is 17.1 Å². The number of rotatable bonds is 5. The van der Waals surface area contributed by atoms with Crippen LogP contribution in [0.25, 0.3) is 0 Å². The molecule has 0 bridgehead atoms. The van der Waals surface area contributed by atoms with E-state index in [0.717, 1.165) is 17.1 Å². The molecular formula is C16H20ClN5O2. The molecule has 3 N–H and O–H groups in total. The number of nitrogens with one attached hydrogen (secondary N) is 3. The molecular weight excluding hydrogens is 330 g/mol. The Hall–Kier alpha value is -2.54. The first-order valence-electron chi connectivity index (χ1n) is 7.39. The fraction of sp³-hybridized carbons (Fsp3) is 0.312. The fourth-order valence-corrected chi connectivity index (χ4v) is 2.50. The summed E-state index contributed by atoms with van der Waals surface area (Å²) in [5.41, 5.74) is 3.58. The van der Waals surface area contributed by atoms with Gasteiger partial charge >= 0.3 is 0 Å². The second-order valence-electron chi connectivity index (χ2n) is 5.45. The maximum Gasteiger partial charge on any atom is 0.243 e. The number of halogens is 1. The fourth-order valence-electron chi connectivity index (χ4n) is 2.25. The van der Waals surface area contributed by atoms with Crippen molar-refractivity contribution in [2.24, 2.45) is 7.05 Å². The van der Waals surface area contributed by atoms with Crippen LogP contribution in [0.15, 0.2) is 18.2 Å². The molecule has 24 heavy (non-hydrogen) atoms. The second-order valence-corrected chi connectivity index (χ2v) is 5.85. The number of hydrogen-bond donors (Lipinski definition) is 3. The third-order valence-electron chi connectivity index (χ3n) is 3.50. The monoisotopic (exact) mass is 349 g/mol. The van der Waals surface area contributed by atoms with E-state index in [1.165, 1.54) is 6.92 Å². The van der Waals surface area contributed by atoms with Gasteiger partial charge in [-0.3, -0.25) is 14.3 Å². The lowest BCUT2D eigenvalue weighted by Crippen LogP contribution is -2.22. The van der Waals surface area contributed by atoms with E-state index in [0.29, 0.717) is 16.4 Å². The molecule has 2 amide bonds. The highest BCUT2D eigenvalue weighted by atomic mass is 35.5. The Morgan fingerprint density at radius 3 is 2.50 bits per heavy atom. The summed E-state index contributed by atoms with van der Waals surface area (Å²) in [6.45, 7) is 5.22. The van der Waals surface area contributed by atoms with E-state index >= 15 is 0 Å². The molecule has 0 unspecified atom stereocenters. The Balaban J connectivity index is 1.97. The van der Waals surface area contributed by atoms with Crippen molar-refractivity contribution in [1.29, 1.82) is 0 Å². The molecule has 0 aliphatic carbocycles. The number of benzene rings is 1. The van der Waals surface area contributed by atoms with Gasteiger partial charge in [-0.15, -0.1) is 0 Å². The predicted octanol–water partition coefficient (Wildman–Crippen LogP) is 2.70. The van der Waals surface area contributed by atoms with Crippen molar-refractivity contribution >= 4 is 40.5 Å². The molecule has 0 saturated carbocycles. The van der Waals surface area contributed by atoms with Gasteiger partial charge in [0.15, 0.2) is 0 Å². The van der Waals surface area contributed by atoms with Crippen molar-refractivity contribution in [1.82, 2.24) is 9.78 Å². The van der Waals surface area contributed by atoms with Gasteiger partial charge in [-0.05, 0) is 32.0 Å². The van der Waals surface area contributed by atoms with Crippen LogP contribution >= 0.6 is 11.6 Å². The van der Waals surface area contributed by atoms with Crippen LogP contribution in [0.3, 0.4) is 0 Å². The van der Waals surface area contributed by atoms with Crippen LogP contribution < -0.4 is 16.0 Å². The summed E-state index contributed by atoms with van der Waals surface area (Å²) in [6.07, 6.45) is 0. The van der Waals surface area contributed by atoms with Crippen molar-refractivity contribution in [2.45, 2.75) is 20.8 Å². The lowest BCUT2D eigenvalue weighted by Gasteiger charge is -2.11. The number of amides is 2. The Bertz CT molecular complexity index is 785. The Morgan fingerprint density at radius 1 is 1.25 bits per heavy atom. The van der Waals surface area contributed by atoms with E-state index < -0.39 is 0 Å². The van der Waals surface area contributed by atoms with Gasteiger partial charge in [0.25, 0.3) is 0 Å². The van der Waals surface area contributed by atoms with E-state index in [4.69, 9.17) is 11.6 Å². The first-order valence-corrected chi connectivity index (χ1v) is 7.76. The Kier molecular flexibility index (Phi) is 5.46. The third-order valence-corrected chi connectivity index (χ3v) is 3.81. The number of carbonyl (C=O) groups excluding carboxylic acids is 2. The van der Waals surface area contributed by atoms with Crippen LogP contribution in [-0.2, 0) is 16.6 Å². The van der Waals surface area contributed by atoms with Gasteiger partial charge in [0.1, 0.15) is 0 Å². The molecule has 128 valence electrons. The number of aromatic nitrogens is 2. The highest BCUT2D eigenvalue weighted by Gasteiger charge is 2.12. The second kappa shape index (κ2) is 7.35. The zero-order chi connectivity index (χ0) is 17.9. The number of aryl methyl sites for hydroxylation is 2. The molecule has 0 fully saturated rings. The lowest BCUT2D eigenvalue weighted by atomic mass is 10.2. The minimum atomic E-state index is -0.198. The van der Waals surface area contributed by atoms with Gasteiger partial charge < -0.3 is 16.0 Å². The largest absolute Gasteiger partial charge is 0.375 e. The van der Waals surface area contributed by atoms with Crippen LogP contribution in [0, 0.1) is 13.8 Å². The van der Waals surface area contributed by atoms with Gasteiger partial charge in [0.2, 0.25) is 11.8 Å². The summed E-state index contributed by atoms with van der Waals surface area (Å²) in [5.74, 6) is -0.371. The van der Waals surface area contributed by atoms with Crippen molar-refractivity contribution < 1.29 is 9.59 Å². The maximum absolute atomic E-state index is 12.1. The van der Waals surface area contributed by atoms with Crippen LogP contribution in [0.1, 0.15) is 18.3 Å². The highest BCUT2D eigenvalue weighted by molar-refractivity contribution is 6.33. The first-order chi connectivity index (χ1) is 11.3. The quantitative estimate of drug-likeness (QED) is 0.774. The Labute approximate surface area is 145 Å². The number of nitrogens with zero attached hydrogens (tertiary/aromatic N) is 2. The van der Waals surface area contributed by atoms with Crippen LogP contribution in [0.5, 0.6) is 0 Å². The minimum Gasteiger partial charge on any atom is -0.375 e. The predicted molar refractivity (Wildman–Crippen MR) is 95.6 cm³/mol. The van der Waals surface area contributed by atoms with Gasteiger partial charge in [0, 0.05) is 19.7 Å². The van der Waals surface area contributed by atoms with Gasteiger partial charge in [-0.2, -0.15) is 5.10 Å². The first kappa shape index (κ1) is 17.8. The average molecular weight is 350 g/mol. The van der Waals surface area contributed by atoms with Gasteiger partial charge in [-0.1, -0.05) is 11.6 Å². The molecule has 7 nitrogen and oxygen atoms in total. The highest BCUT2D eigenvalue weighted by Crippen LogP contribution is 2.25. The van der Waals surface area contributed by atoms with Crippen molar-refractivity contribution in [3.8, 4) is 0 Å². The molecule has 0 saturated heterocycles. The zero-order valence-electron chi connectivity index (χ0n) is 14.0. The molecule has 2 aromatic rings. The number of anilines is 3. The number of hydrogen-bond acceptors (Lipinski definition) is 4. The molecule has 0 spiro atoms. The zero-order valence-corrected chi connectivity index (χ0v) is 14.8. The molecule has 2 rings (SSSR count). The Morgan fingerprint density at radius 2 is 1.96 bits per heavy atom. The smallest absolute Gasteiger partial charge is 0.243 e. The molecule has 0 atom stereocenters. The minimum absolute atomic E-state index is 0.0625. The topological polar surface area (TPSA) is 88.1 Å². The summed E-state index contributed by atoms with van der Waals surface area (Å²) in [6, 6.07) is 5.04. The maximum atomic E-state index is 12.1. The van der Waals surface area contributed by atoms with Crippen LogP contribution in [-0.4, -0.2) is 28.1 Å². The van der Waals surface area contributed by atoms with Crippen molar-refractivity contribution in [3.05, 3.63) is 34.6 Å². The number of carbonyl (C=O) groups is 2. The SMILES string of the molecule is CC(=O)Nc1ccc(NCC(=O)Nc2c(C)nn(C)c2C)c(Cl)c1. The van der Waals surface area contributed by atoms with E-state index in [2.05, 4.69) is 21.0 Å². The van der Waals surface area contributed by atoms with E-state index in [-0.39, 0.29) is 18.4 Å². The van der Waals surface area contributed by atoms with Gasteiger partial charge in [0.05, 0.1) is 34.3 Å². The molecule has 8 heteroatoms. The van der Waals surface area contributed by atoms with E-state index in [1.807, 2.05) is 20.9 Å². The lowest BCUT2D eigenvalue weighted by molar-refractivity contribution is -0.115. The summed E-state index contributed by atoms with van der Waals surface area (Å²) in [7, 11) is 1.83. The van der Waals surface area contributed by atoms with Crippen molar-refractivity contribution in [2.75, 3.05) is 22.5 Å². The molecule has 1 aromatic heterocycles. The average Bonchev–Trinajstić information content (AvgIpc) is 2.72. The van der Waals surface area contributed by atoms with E-state index in [9.17, 15) is 9.59 Å². The van der Waals surface area contributed by atoms with Gasteiger partial charge in [-0.25, -0.2) is 0 Å². The molecule has 0 aliphatic rings. The summed E-state index contributed by atoms with van der Waals surface area (Å²) in [5, 5.41) is 13.1. The molecule has 1 aromatic carbocycles. The third kappa shape index (κ3) is 4.26. The summed E-state index contributed by atoms with van der Waals surface area (Å²) >= 11 is 6.15. The normalized spacial score (nSPS) is 10.4. The van der Waals surface area contributed by atoms with Crippen molar-refractivity contribution in [3.63, 3.8) is 0 Å². The molecule has 0 radical (unpaired) electrons. The van der Waals surface area contributed by atoms with Crippen LogP contribution in [0.2, 0.25) is 5.02 Å².